The monoisotopic (exact) mass is 284 g/mol. The summed E-state index contributed by atoms with van der Waals surface area (Å²) in [5.74, 6) is -3.83. The van der Waals surface area contributed by atoms with Gasteiger partial charge in [-0.15, -0.1) is 0 Å². The van der Waals surface area contributed by atoms with Crippen molar-refractivity contribution in [1.29, 1.82) is 0 Å². The molecule has 108 valence electrons. The molecule has 0 unspecified atom stereocenters. The SMILES string of the molecule is N[C@H]1CC[C@H]2C(C(=O)O)=NO[C@@H]12.O=C(O)C(F)(F)F. The zero-order valence-corrected chi connectivity index (χ0v) is 9.42. The molecule has 1 fully saturated rings. The summed E-state index contributed by atoms with van der Waals surface area (Å²) in [6.45, 7) is 0. The summed E-state index contributed by atoms with van der Waals surface area (Å²) in [5.41, 5.74) is 5.82. The van der Waals surface area contributed by atoms with E-state index in [-0.39, 0.29) is 23.8 Å². The van der Waals surface area contributed by atoms with Gasteiger partial charge < -0.3 is 20.8 Å². The van der Waals surface area contributed by atoms with E-state index in [1.54, 1.807) is 0 Å². The van der Waals surface area contributed by atoms with Gasteiger partial charge in [0.1, 0.15) is 0 Å². The van der Waals surface area contributed by atoms with Crippen molar-refractivity contribution in [3.63, 3.8) is 0 Å². The van der Waals surface area contributed by atoms with Crippen LogP contribution in [-0.4, -0.2) is 46.2 Å². The van der Waals surface area contributed by atoms with Crippen molar-refractivity contribution in [3.8, 4) is 0 Å². The predicted octanol–water partition coefficient (Wildman–Crippen LogP) is 0.196. The molecule has 7 nitrogen and oxygen atoms in total. The summed E-state index contributed by atoms with van der Waals surface area (Å²) in [7, 11) is 0. The number of alkyl halides is 3. The minimum atomic E-state index is -5.08. The first-order valence-corrected chi connectivity index (χ1v) is 5.17. The molecule has 2 aliphatic rings. The largest absolute Gasteiger partial charge is 0.490 e. The number of hydrogen-bond acceptors (Lipinski definition) is 5. The molecule has 0 bridgehead atoms. The third kappa shape index (κ3) is 3.56. The molecule has 4 N–H and O–H groups in total. The van der Waals surface area contributed by atoms with E-state index in [0.29, 0.717) is 0 Å². The Hall–Kier alpha value is -1.84. The van der Waals surface area contributed by atoms with Gasteiger partial charge >= 0.3 is 18.1 Å². The Morgan fingerprint density at radius 2 is 1.84 bits per heavy atom. The smallest absolute Gasteiger partial charge is 0.477 e. The molecule has 10 heteroatoms. The standard InChI is InChI=1S/C7H10N2O3.C2HF3O2/c8-4-2-1-3-5(7(10)11)9-12-6(3)4;3-2(4,5)1(6)7/h3-4,6H,1-2,8H2,(H,10,11);(H,6,7)/t3-,4-,6+;/m0./s1. The molecule has 1 heterocycles. The molecular weight excluding hydrogens is 273 g/mol. The summed E-state index contributed by atoms with van der Waals surface area (Å²) in [4.78, 5) is 24.4. The molecule has 19 heavy (non-hydrogen) atoms. The van der Waals surface area contributed by atoms with Crippen LogP contribution in [0.15, 0.2) is 5.16 Å². The molecule has 0 aromatic heterocycles. The topological polar surface area (TPSA) is 122 Å². The van der Waals surface area contributed by atoms with Gasteiger partial charge in [-0.3, -0.25) is 0 Å². The average molecular weight is 284 g/mol. The number of rotatable bonds is 1. The highest BCUT2D eigenvalue weighted by Gasteiger charge is 2.45. The highest BCUT2D eigenvalue weighted by atomic mass is 19.4. The summed E-state index contributed by atoms with van der Waals surface area (Å²) >= 11 is 0. The molecule has 1 aliphatic carbocycles. The molecule has 0 aromatic carbocycles. The van der Waals surface area contributed by atoms with Crippen molar-refractivity contribution in [2.45, 2.75) is 31.2 Å². The number of nitrogens with zero attached hydrogens (tertiary/aromatic N) is 1. The fraction of sp³-hybridized carbons (Fsp3) is 0.667. The number of carboxylic acids is 2. The Kier molecular flexibility index (Phi) is 4.35. The lowest BCUT2D eigenvalue weighted by Gasteiger charge is -2.10. The summed E-state index contributed by atoms with van der Waals surface area (Å²) in [6.07, 6.45) is -3.69. The third-order valence-electron chi connectivity index (χ3n) is 2.72. The molecule has 2 rings (SSSR count). The molecule has 0 saturated heterocycles. The highest BCUT2D eigenvalue weighted by molar-refractivity contribution is 6.36. The van der Waals surface area contributed by atoms with Gasteiger partial charge in [0.05, 0.1) is 5.92 Å². The van der Waals surface area contributed by atoms with Crippen LogP contribution in [0.2, 0.25) is 0 Å². The normalized spacial score (nSPS) is 28.6. The van der Waals surface area contributed by atoms with Crippen LogP contribution in [0.4, 0.5) is 13.2 Å². The number of nitrogens with two attached hydrogens (primary N) is 1. The molecule has 0 spiro atoms. The maximum absolute atomic E-state index is 10.6. The van der Waals surface area contributed by atoms with Crippen molar-refractivity contribution in [1.82, 2.24) is 0 Å². The van der Waals surface area contributed by atoms with Crippen LogP contribution >= 0.6 is 0 Å². The number of aliphatic carboxylic acids is 2. The van der Waals surface area contributed by atoms with Crippen LogP contribution in [0.3, 0.4) is 0 Å². The molecular formula is C9H11F3N2O5. The Labute approximate surface area is 104 Å². The first kappa shape index (κ1) is 15.2. The predicted molar refractivity (Wildman–Crippen MR) is 54.3 cm³/mol. The van der Waals surface area contributed by atoms with Crippen molar-refractivity contribution in [3.05, 3.63) is 0 Å². The van der Waals surface area contributed by atoms with Crippen LogP contribution < -0.4 is 5.73 Å². The second-order valence-corrected chi connectivity index (χ2v) is 4.00. The lowest BCUT2D eigenvalue weighted by molar-refractivity contribution is -0.192. The number of oxime groups is 1. The van der Waals surface area contributed by atoms with E-state index in [1.165, 1.54) is 0 Å². The maximum Gasteiger partial charge on any atom is 0.490 e. The van der Waals surface area contributed by atoms with Crippen LogP contribution in [0.25, 0.3) is 0 Å². The number of hydrogen-bond donors (Lipinski definition) is 3. The molecule has 0 radical (unpaired) electrons. The lowest BCUT2D eigenvalue weighted by atomic mass is 10.00. The van der Waals surface area contributed by atoms with Gasteiger partial charge in [-0.05, 0) is 12.8 Å². The van der Waals surface area contributed by atoms with Crippen molar-refractivity contribution in [2.75, 3.05) is 0 Å². The third-order valence-corrected chi connectivity index (χ3v) is 2.72. The molecule has 1 saturated carbocycles. The van der Waals surface area contributed by atoms with E-state index >= 15 is 0 Å². The number of halogens is 3. The minimum absolute atomic E-state index is 0.0596. The summed E-state index contributed by atoms with van der Waals surface area (Å²) in [6, 6.07) is -0.0596. The van der Waals surface area contributed by atoms with Crippen LogP contribution in [0.5, 0.6) is 0 Å². The zero-order valence-electron chi connectivity index (χ0n) is 9.42. The van der Waals surface area contributed by atoms with E-state index in [2.05, 4.69) is 5.16 Å². The number of carboxylic acid groups (broad SMARTS) is 2. The Bertz CT molecular complexity index is 409. The van der Waals surface area contributed by atoms with Crippen molar-refractivity contribution >= 4 is 17.7 Å². The van der Waals surface area contributed by atoms with Gasteiger partial charge in [0.2, 0.25) is 0 Å². The van der Waals surface area contributed by atoms with Gasteiger partial charge in [-0.2, -0.15) is 13.2 Å². The zero-order chi connectivity index (χ0) is 14.8. The average Bonchev–Trinajstić information content (AvgIpc) is 2.81. The molecule has 0 amide bonds. The summed E-state index contributed by atoms with van der Waals surface area (Å²) in [5, 5.41) is 19.3. The number of fused-ring (bicyclic) bond motifs is 1. The Morgan fingerprint density at radius 3 is 2.26 bits per heavy atom. The lowest BCUT2D eigenvalue weighted by Crippen LogP contribution is -2.34. The van der Waals surface area contributed by atoms with Gasteiger partial charge in [-0.1, -0.05) is 5.16 Å². The second-order valence-electron chi connectivity index (χ2n) is 4.00. The van der Waals surface area contributed by atoms with Gasteiger partial charge in [0.25, 0.3) is 0 Å². The van der Waals surface area contributed by atoms with E-state index in [0.717, 1.165) is 12.8 Å². The van der Waals surface area contributed by atoms with Gasteiger partial charge in [0, 0.05) is 6.04 Å². The van der Waals surface area contributed by atoms with Crippen LogP contribution in [0.1, 0.15) is 12.8 Å². The Balaban J connectivity index is 0.000000224. The van der Waals surface area contributed by atoms with E-state index in [1.807, 2.05) is 0 Å². The fourth-order valence-electron chi connectivity index (χ4n) is 1.83. The first-order valence-electron chi connectivity index (χ1n) is 5.17. The maximum atomic E-state index is 10.6. The van der Waals surface area contributed by atoms with Gasteiger partial charge in [-0.25, -0.2) is 9.59 Å². The fourth-order valence-corrected chi connectivity index (χ4v) is 1.83. The van der Waals surface area contributed by atoms with Crippen LogP contribution in [0, 0.1) is 5.92 Å². The van der Waals surface area contributed by atoms with Crippen molar-refractivity contribution in [2.24, 2.45) is 16.8 Å². The second kappa shape index (κ2) is 5.43. The van der Waals surface area contributed by atoms with E-state index in [9.17, 15) is 18.0 Å². The molecule has 0 aromatic rings. The van der Waals surface area contributed by atoms with Crippen LogP contribution in [-0.2, 0) is 14.4 Å². The minimum Gasteiger partial charge on any atom is -0.477 e. The summed E-state index contributed by atoms with van der Waals surface area (Å²) < 4.78 is 31.7. The quantitative estimate of drug-likeness (QED) is 0.632. The van der Waals surface area contributed by atoms with Gasteiger partial charge in [0.15, 0.2) is 11.8 Å². The molecule has 1 aliphatic heterocycles. The van der Waals surface area contributed by atoms with E-state index in [4.69, 9.17) is 25.6 Å². The Morgan fingerprint density at radius 1 is 1.32 bits per heavy atom. The number of carbonyl (C=O) groups is 2. The molecule has 3 atom stereocenters. The highest BCUT2D eigenvalue weighted by Crippen LogP contribution is 2.33. The van der Waals surface area contributed by atoms with E-state index < -0.39 is 18.1 Å². The van der Waals surface area contributed by atoms with Crippen molar-refractivity contribution < 1.29 is 37.8 Å². The first-order chi connectivity index (χ1) is 8.64.